The number of thiophene rings is 1. The predicted molar refractivity (Wildman–Crippen MR) is 304 cm³/mol. The monoisotopic (exact) mass is 928 g/mol. The van der Waals surface area contributed by atoms with E-state index in [1.807, 2.05) is 11.3 Å². The highest BCUT2D eigenvalue weighted by atomic mass is 32.1. The van der Waals surface area contributed by atoms with Crippen LogP contribution >= 0.6 is 11.3 Å². The van der Waals surface area contributed by atoms with Crippen LogP contribution < -0.4 is 21.3 Å². The third-order valence-electron chi connectivity index (χ3n) is 17.1. The molecule has 5 heteroatoms. The van der Waals surface area contributed by atoms with Crippen LogP contribution in [-0.2, 0) is 21.7 Å². The Balaban J connectivity index is 1.13. The molecular weight excluding hydrogens is 868 g/mol. The fraction of sp³-hybridized carbons (Fsp3) is 0.262. The van der Waals surface area contributed by atoms with E-state index in [1.54, 1.807) is 0 Å². The number of rotatable bonds is 5. The Kier molecular flexibility index (Phi) is 9.45. The van der Waals surface area contributed by atoms with Gasteiger partial charge in [-0.2, -0.15) is 0 Å². The third-order valence-corrected chi connectivity index (χ3v) is 18.3. The topological polar surface area (TPSA) is 28.4 Å². The molecule has 2 aromatic heterocycles. The average molecular weight is 929 g/mol. The van der Waals surface area contributed by atoms with Gasteiger partial charge in [0.1, 0.15) is 5.58 Å². The molecule has 1 N–H and O–H groups in total. The molecule has 0 amide bonds. The molecule has 13 rings (SSSR count). The van der Waals surface area contributed by atoms with Gasteiger partial charge in [-0.05, 0) is 170 Å². The van der Waals surface area contributed by atoms with Crippen molar-refractivity contribution < 1.29 is 4.42 Å². The Morgan fingerprint density at radius 2 is 1.16 bits per heavy atom. The fourth-order valence-corrected chi connectivity index (χ4v) is 13.9. The molecule has 0 spiro atoms. The SMILES string of the molecule is Cc1cc2c(cc1N1c3cc(-c4ccccc4)cc(-c4c(Nc5cccc6sc7ccccc7c56)ccc5ccccc45)c3Bc3oc4cc5c(cc4c31)C(C)(C)CCC5(C)C)C(C)(C)CCC2(C)C. The van der Waals surface area contributed by atoms with Gasteiger partial charge in [-0.1, -0.05) is 146 Å². The molecule has 3 heterocycles. The maximum Gasteiger partial charge on any atom is 0.244 e. The lowest BCUT2D eigenvalue weighted by molar-refractivity contribution is 0.332. The zero-order chi connectivity index (χ0) is 48.1. The molecule has 0 saturated heterocycles. The first kappa shape index (κ1) is 43.5. The minimum atomic E-state index is 0.0269. The van der Waals surface area contributed by atoms with Crippen LogP contribution in [0.1, 0.15) is 109 Å². The summed E-state index contributed by atoms with van der Waals surface area (Å²) in [4.78, 5) is 2.65. The number of aryl methyl sites for hydroxylation is 1. The van der Waals surface area contributed by atoms with E-state index in [0.717, 1.165) is 41.9 Å². The largest absolute Gasteiger partial charge is 0.469 e. The second-order valence-corrected chi connectivity index (χ2v) is 24.6. The number of hydrogen-bond donors (Lipinski definition) is 1. The summed E-state index contributed by atoms with van der Waals surface area (Å²) in [6.45, 7) is 21.9. The van der Waals surface area contributed by atoms with Crippen LogP contribution in [-0.4, -0.2) is 7.28 Å². The van der Waals surface area contributed by atoms with Crippen LogP contribution in [0.3, 0.4) is 0 Å². The van der Waals surface area contributed by atoms with Gasteiger partial charge in [0.2, 0.25) is 7.28 Å². The van der Waals surface area contributed by atoms with Crippen molar-refractivity contribution in [3.63, 3.8) is 0 Å². The van der Waals surface area contributed by atoms with Crippen molar-refractivity contribution >= 4 is 100 Å². The molecule has 1 aliphatic heterocycles. The summed E-state index contributed by atoms with van der Waals surface area (Å²) in [5.74, 6) is 0. The van der Waals surface area contributed by atoms with Crippen molar-refractivity contribution in [3.05, 3.63) is 173 Å². The molecule has 0 atom stereocenters. The molecule has 2 aliphatic carbocycles. The highest BCUT2D eigenvalue weighted by molar-refractivity contribution is 7.26. The van der Waals surface area contributed by atoms with E-state index >= 15 is 0 Å². The summed E-state index contributed by atoms with van der Waals surface area (Å²) in [6.07, 6.45) is 4.63. The van der Waals surface area contributed by atoms with E-state index in [9.17, 15) is 0 Å². The number of furan rings is 1. The van der Waals surface area contributed by atoms with E-state index < -0.39 is 0 Å². The van der Waals surface area contributed by atoms with Crippen LogP contribution in [0, 0.1) is 6.92 Å². The highest BCUT2D eigenvalue weighted by Crippen LogP contribution is 2.54. The number of fused-ring (bicyclic) bond motifs is 10. The smallest absolute Gasteiger partial charge is 0.244 e. The van der Waals surface area contributed by atoms with Crippen molar-refractivity contribution in [2.45, 2.75) is 110 Å². The van der Waals surface area contributed by atoms with E-state index in [0.29, 0.717) is 7.28 Å². The molecule has 3 aliphatic rings. The minimum absolute atomic E-state index is 0.0269. The lowest BCUT2D eigenvalue weighted by Crippen LogP contribution is -2.40. The quantitative estimate of drug-likeness (QED) is 0.174. The van der Waals surface area contributed by atoms with Gasteiger partial charge in [0, 0.05) is 53.9 Å². The van der Waals surface area contributed by atoms with Crippen molar-refractivity contribution in [1.29, 1.82) is 0 Å². The van der Waals surface area contributed by atoms with E-state index in [-0.39, 0.29) is 21.7 Å². The normalized spacial score (nSPS) is 17.2. The van der Waals surface area contributed by atoms with E-state index in [1.165, 1.54) is 115 Å². The van der Waals surface area contributed by atoms with Crippen LogP contribution in [0.25, 0.3) is 64.2 Å². The zero-order valence-electron chi connectivity index (χ0n) is 42.2. The van der Waals surface area contributed by atoms with Crippen LogP contribution in [0.4, 0.5) is 28.4 Å². The minimum Gasteiger partial charge on any atom is -0.469 e. The lowest BCUT2D eigenvalue weighted by Gasteiger charge is -2.43. The molecule has 346 valence electrons. The number of hydrogen-bond acceptors (Lipinski definition) is 4. The Bertz CT molecular complexity index is 3810. The molecule has 0 fully saturated rings. The summed E-state index contributed by atoms with van der Waals surface area (Å²) in [7, 11) is 0.660. The summed E-state index contributed by atoms with van der Waals surface area (Å²) in [5, 5.41) is 10.3. The van der Waals surface area contributed by atoms with Crippen molar-refractivity contribution in [3.8, 4) is 22.3 Å². The van der Waals surface area contributed by atoms with Crippen LogP contribution in [0.2, 0.25) is 0 Å². The van der Waals surface area contributed by atoms with Gasteiger partial charge in [-0.15, -0.1) is 11.3 Å². The van der Waals surface area contributed by atoms with Gasteiger partial charge in [-0.25, -0.2) is 0 Å². The Labute approximate surface area is 417 Å². The van der Waals surface area contributed by atoms with E-state index in [4.69, 9.17) is 4.42 Å². The first-order valence-corrected chi connectivity index (χ1v) is 26.4. The van der Waals surface area contributed by atoms with Crippen molar-refractivity contribution in [2.75, 3.05) is 10.2 Å². The van der Waals surface area contributed by atoms with Crippen LogP contribution in [0.5, 0.6) is 0 Å². The molecule has 8 aromatic carbocycles. The molecule has 0 saturated carbocycles. The highest BCUT2D eigenvalue weighted by Gasteiger charge is 2.42. The first-order chi connectivity index (χ1) is 33.6. The average Bonchev–Trinajstić information content (AvgIpc) is 3.92. The Hall–Kier alpha value is -6.56. The van der Waals surface area contributed by atoms with Crippen LogP contribution in [0.15, 0.2) is 150 Å². The predicted octanol–water partition coefficient (Wildman–Crippen LogP) is 17.2. The second-order valence-electron chi connectivity index (χ2n) is 23.5. The number of nitrogens with zero attached hydrogens (tertiary/aromatic N) is 1. The standard InChI is InChI=1S/C65H61BN2OS/c1-38-32-46-48(64(6,7)30-28-62(46,2)3)36-52(38)68-53-34-41(39-18-11-10-12-19-39)33-45(59(53)66-61-60(68)44-35-47-49(37-54(44)69-61)65(8,9)31-29-63(47,4)5)57-42-21-14-13-20-40(42)26-27-51(57)67-50-23-17-25-56-58(50)43-22-15-16-24-55(43)70-56/h10-27,32-37,66-67H,28-31H2,1-9H3. The number of anilines is 5. The summed E-state index contributed by atoms with van der Waals surface area (Å²) < 4.78 is 9.98. The summed E-state index contributed by atoms with van der Waals surface area (Å²) >= 11 is 1.86. The van der Waals surface area contributed by atoms with Gasteiger partial charge < -0.3 is 14.6 Å². The zero-order valence-corrected chi connectivity index (χ0v) is 43.0. The lowest BCUT2D eigenvalue weighted by atomic mass is 9.60. The van der Waals surface area contributed by atoms with Gasteiger partial charge in [0.05, 0.1) is 11.3 Å². The Morgan fingerprint density at radius 3 is 1.90 bits per heavy atom. The third kappa shape index (κ3) is 6.60. The van der Waals surface area contributed by atoms with Gasteiger partial charge in [0.15, 0.2) is 0 Å². The summed E-state index contributed by atoms with van der Waals surface area (Å²) in [5.41, 5.74) is 21.2. The maximum absolute atomic E-state index is 7.40. The molecule has 0 bridgehead atoms. The number of nitrogens with one attached hydrogen (secondary N) is 1. The molecule has 3 nitrogen and oxygen atoms in total. The molecule has 0 unspecified atom stereocenters. The van der Waals surface area contributed by atoms with Crippen molar-refractivity contribution in [2.24, 2.45) is 0 Å². The molecule has 10 aromatic rings. The summed E-state index contributed by atoms with van der Waals surface area (Å²) in [6, 6.07) is 55.1. The van der Waals surface area contributed by atoms with Crippen molar-refractivity contribution in [1.82, 2.24) is 0 Å². The first-order valence-electron chi connectivity index (χ1n) is 25.5. The second kappa shape index (κ2) is 15.2. The number of benzene rings is 8. The van der Waals surface area contributed by atoms with Gasteiger partial charge in [-0.3, -0.25) is 0 Å². The van der Waals surface area contributed by atoms with E-state index in [2.05, 4.69) is 218 Å². The maximum atomic E-state index is 7.40. The van der Waals surface area contributed by atoms with Gasteiger partial charge >= 0.3 is 0 Å². The molecular formula is C65H61BN2OS. The molecule has 0 radical (unpaired) electrons. The van der Waals surface area contributed by atoms with Gasteiger partial charge in [0.25, 0.3) is 0 Å². The fourth-order valence-electron chi connectivity index (χ4n) is 12.8. The molecule has 70 heavy (non-hydrogen) atoms. The Morgan fingerprint density at radius 1 is 0.529 bits per heavy atom.